The summed E-state index contributed by atoms with van der Waals surface area (Å²) in [6.45, 7) is -0.210. The molecule has 1 N–H and O–H groups in total. The maximum absolute atomic E-state index is 13.4. The number of sulfonamides is 1. The number of fused-ring (bicyclic) bond motifs is 1. The lowest BCUT2D eigenvalue weighted by molar-refractivity contribution is -0.122. The third-order valence-electron chi connectivity index (χ3n) is 5.10. The number of aromatic nitrogens is 2. The molecule has 0 spiro atoms. The van der Waals surface area contributed by atoms with E-state index in [0.717, 1.165) is 5.56 Å². The van der Waals surface area contributed by atoms with Gasteiger partial charge in [0.2, 0.25) is 5.13 Å². The first-order valence-corrected chi connectivity index (χ1v) is 12.8. The van der Waals surface area contributed by atoms with Crippen LogP contribution in [0.5, 0.6) is 5.75 Å². The van der Waals surface area contributed by atoms with Crippen molar-refractivity contribution in [2.45, 2.75) is 11.0 Å². The average Bonchev–Trinajstić information content (AvgIpc) is 3.32. The maximum atomic E-state index is 13.4. The Hall–Kier alpha value is -3.47. The monoisotopic (exact) mass is 512 g/mol. The third kappa shape index (κ3) is 4.35. The summed E-state index contributed by atoms with van der Waals surface area (Å²) in [6.07, 6.45) is -1.10. The first-order valence-electron chi connectivity index (χ1n) is 10.2. The van der Waals surface area contributed by atoms with Gasteiger partial charge < -0.3 is 4.74 Å². The van der Waals surface area contributed by atoms with Crippen molar-refractivity contribution in [2.24, 2.45) is 0 Å². The van der Waals surface area contributed by atoms with Crippen molar-refractivity contribution in [3.8, 4) is 16.3 Å². The molecule has 0 saturated heterocycles. The zero-order valence-electron chi connectivity index (χ0n) is 17.5. The van der Waals surface area contributed by atoms with Crippen LogP contribution in [0.1, 0.15) is 0 Å². The number of hydrogen-bond acceptors (Lipinski definition) is 7. The van der Waals surface area contributed by atoms with Gasteiger partial charge in [0.15, 0.2) is 6.10 Å². The van der Waals surface area contributed by atoms with E-state index in [2.05, 4.69) is 15.5 Å². The Morgan fingerprint density at radius 1 is 1.00 bits per heavy atom. The van der Waals surface area contributed by atoms with Crippen LogP contribution in [0.3, 0.4) is 0 Å². The molecule has 0 fully saturated rings. The minimum atomic E-state index is -3.97. The van der Waals surface area contributed by atoms with Crippen molar-refractivity contribution >= 4 is 49.7 Å². The maximum Gasteiger partial charge on any atom is 0.269 e. The highest BCUT2D eigenvalue weighted by atomic mass is 35.5. The Bertz CT molecular complexity index is 1440. The van der Waals surface area contributed by atoms with Crippen molar-refractivity contribution in [3.63, 3.8) is 0 Å². The summed E-state index contributed by atoms with van der Waals surface area (Å²) in [5.74, 6) is -0.241. The molecule has 4 aromatic rings. The van der Waals surface area contributed by atoms with Gasteiger partial charge in [-0.3, -0.25) is 14.4 Å². The number of nitrogens with zero attached hydrogens (tertiary/aromatic N) is 3. The number of carbonyl (C=O) groups excluding carboxylic acids is 1. The quantitative estimate of drug-likeness (QED) is 0.424. The van der Waals surface area contributed by atoms with Gasteiger partial charge in [-0.15, -0.1) is 10.2 Å². The minimum absolute atomic E-state index is 0.0596. The number of anilines is 2. The fraction of sp³-hybridized carbons (Fsp3) is 0.0870. The number of halogens is 1. The molecule has 0 saturated carbocycles. The third-order valence-corrected chi connectivity index (χ3v) is 8.04. The molecule has 0 aliphatic carbocycles. The van der Waals surface area contributed by atoms with E-state index in [4.69, 9.17) is 16.3 Å². The second-order valence-electron chi connectivity index (χ2n) is 7.33. The van der Waals surface area contributed by atoms with Crippen LogP contribution >= 0.6 is 22.9 Å². The summed E-state index contributed by atoms with van der Waals surface area (Å²) in [6, 6.07) is 22.0. The molecule has 11 heteroatoms. The van der Waals surface area contributed by atoms with Gasteiger partial charge >= 0.3 is 0 Å². The smallest absolute Gasteiger partial charge is 0.269 e. The molecule has 0 radical (unpaired) electrons. The van der Waals surface area contributed by atoms with Crippen molar-refractivity contribution < 1.29 is 17.9 Å². The van der Waals surface area contributed by atoms with E-state index in [0.29, 0.717) is 20.8 Å². The van der Waals surface area contributed by atoms with Crippen molar-refractivity contribution in [1.82, 2.24) is 10.2 Å². The number of amides is 1. The predicted octanol–water partition coefficient (Wildman–Crippen LogP) is 4.45. The van der Waals surface area contributed by atoms with Crippen LogP contribution in [0, 0.1) is 0 Å². The molecule has 1 aliphatic heterocycles. The van der Waals surface area contributed by atoms with Crippen LogP contribution < -0.4 is 14.4 Å². The van der Waals surface area contributed by atoms with Crippen LogP contribution in [0.25, 0.3) is 10.6 Å². The Morgan fingerprint density at radius 3 is 2.47 bits per heavy atom. The Balaban J connectivity index is 1.41. The van der Waals surface area contributed by atoms with Gasteiger partial charge in [0.05, 0.1) is 17.1 Å². The topological polar surface area (TPSA) is 101 Å². The standard InChI is InChI=1S/C23H17ClN4O4S2/c24-16-10-12-17(13-11-16)34(30,31)28-14-20(32-19-9-5-4-8-18(19)28)21(29)25-23-27-26-22(33-23)15-6-2-1-3-7-15/h1-13,20H,14H2,(H,25,27,29)/t20-/m0/s1. The van der Waals surface area contributed by atoms with Crippen molar-refractivity contribution in [1.29, 1.82) is 0 Å². The minimum Gasteiger partial charge on any atom is -0.476 e. The van der Waals surface area contributed by atoms with Gasteiger partial charge in [-0.1, -0.05) is 65.4 Å². The fourth-order valence-electron chi connectivity index (χ4n) is 3.46. The van der Waals surface area contributed by atoms with Gasteiger partial charge in [-0.2, -0.15) is 0 Å². The highest BCUT2D eigenvalue weighted by molar-refractivity contribution is 7.92. The summed E-state index contributed by atoms with van der Waals surface area (Å²) >= 11 is 7.13. The molecule has 172 valence electrons. The molecule has 0 bridgehead atoms. The number of nitrogens with one attached hydrogen (secondary N) is 1. The van der Waals surface area contributed by atoms with Gasteiger partial charge in [0, 0.05) is 10.6 Å². The van der Waals surface area contributed by atoms with Gasteiger partial charge in [0.1, 0.15) is 10.8 Å². The van der Waals surface area contributed by atoms with E-state index < -0.39 is 22.0 Å². The van der Waals surface area contributed by atoms with Crippen molar-refractivity contribution in [2.75, 3.05) is 16.2 Å². The number of ether oxygens (including phenoxy) is 1. The summed E-state index contributed by atoms with van der Waals surface area (Å²) < 4.78 is 33.9. The Morgan fingerprint density at radius 2 is 1.71 bits per heavy atom. The van der Waals surface area contributed by atoms with Crippen molar-refractivity contribution in [3.05, 3.63) is 83.9 Å². The van der Waals surface area contributed by atoms with E-state index in [1.165, 1.54) is 39.9 Å². The fourth-order valence-corrected chi connectivity index (χ4v) is 5.81. The zero-order chi connectivity index (χ0) is 23.7. The average molecular weight is 513 g/mol. The number of hydrogen-bond donors (Lipinski definition) is 1. The highest BCUT2D eigenvalue weighted by Crippen LogP contribution is 2.37. The Labute approximate surface area is 204 Å². The van der Waals surface area contributed by atoms with Gasteiger partial charge in [-0.05, 0) is 36.4 Å². The second kappa shape index (κ2) is 9.05. The number of carbonyl (C=O) groups is 1. The molecular formula is C23H17ClN4O4S2. The van der Waals surface area contributed by atoms with E-state index in [1.807, 2.05) is 30.3 Å². The first kappa shape index (κ1) is 22.3. The first-order chi connectivity index (χ1) is 16.4. The van der Waals surface area contributed by atoms with Gasteiger partial charge in [0.25, 0.3) is 15.9 Å². The van der Waals surface area contributed by atoms with Gasteiger partial charge in [-0.25, -0.2) is 8.42 Å². The Kier molecular flexibility index (Phi) is 5.94. The highest BCUT2D eigenvalue weighted by Gasteiger charge is 2.37. The molecule has 1 aromatic heterocycles. The summed E-state index contributed by atoms with van der Waals surface area (Å²) in [5, 5.41) is 12.2. The molecule has 2 heterocycles. The van der Waals surface area contributed by atoms with Crippen LogP contribution in [0.15, 0.2) is 83.8 Å². The summed E-state index contributed by atoms with van der Waals surface area (Å²) in [5.41, 5.74) is 1.23. The van der Waals surface area contributed by atoms with Crippen LogP contribution in [-0.2, 0) is 14.8 Å². The lowest BCUT2D eigenvalue weighted by Gasteiger charge is -2.34. The van der Waals surface area contributed by atoms with Crippen LogP contribution in [0.4, 0.5) is 10.8 Å². The van der Waals surface area contributed by atoms with Crippen LogP contribution in [0.2, 0.25) is 5.02 Å². The largest absolute Gasteiger partial charge is 0.476 e. The number of para-hydroxylation sites is 2. The lowest BCUT2D eigenvalue weighted by atomic mass is 10.2. The van der Waals surface area contributed by atoms with E-state index in [1.54, 1.807) is 24.3 Å². The number of rotatable bonds is 5. The molecule has 1 amide bonds. The van der Waals surface area contributed by atoms with E-state index in [9.17, 15) is 13.2 Å². The molecule has 34 heavy (non-hydrogen) atoms. The molecule has 5 rings (SSSR count). The predicted molar refractivity (Wildman–Crippen MR) is 131 cm³/mol. The molecule has 1 aliphatic rings. The molecular weight excluding hydrogens is 496 g/mol. The zero-order valence-corrected chi connectivity index (χ0v) is 19.8. The molecule has 0 unspecified atom stereocenters. The van der Waals surface area contributed by atoms with Crippen LogP contribution in [-0.4, -0.2) is 37.2 Å². The normalized spacial score (nSPS) is 15.3. The molecule has 3 aromatic carbocycles. The van der Waals surface area contributed by atoms with E-state index in [-0.39, 0.29) is 17.2 Å². The summed E-state index contributed by atoms with van der Waals surface area (Å²) in [4.78, 5) is 13.1. The summed E-state index contributed by atoms with van der Waals surface area (Å²) in [7, 11) is -3.97. The molecule has 1 atom stereocenters. The SMILES string of the molecule is O=C(Nc1nnc(-c2ccccc2)s1)[C@@H]1CN(S(=O)(=O)c2ccc(Cl)cc2)c2ccccc2O1. The second-order valence-corrected chi connectivity index (χ2v) is 10.6. The lowest BCUT2D eigenvalue weighted by Crippen LogP contribution is -2.48. The van der Waals surface area contributed by atoms with E-state index >= 15 is 0 Å². The number of benzene rings is 3. The molecule has 8 nitrogen and oxygen atoms in total.